The average Bonchev–Trinajstić information content (AvgIpc) is 3.09. The van der Waals surface area contributed by atoms with Gasteiger partial charge in [-0.3, -0.25) is 9.36 Å². The number of amides is 1. The summed E-state index contributed by atoms with van der Waals surface area (Å²) in [5, 5.41) is 13.1. The van der Waals surface area contributed by atoms with Gasteiger partial charge in [-0.1, -0.05) is 66.2 Å². The van der Waals surface area contributed by atoms with Gasteiger partial charge in [-0.05, 0) is 36.2 Å². The number of aryl methyl sites for hydroxylation is 1. The molecule has 0 unspecified atom stereocenters. The van der Waals surface area contributed by atoms with Crippen molar-refractivity contribution in [3.8, 4) is 11.4 Å². The van der Waals surface area contributed by atoms with E-state index in [0.29, 0.717) is 27.6 Å². The number of hydrogen-bond donors (Lipinski definition) is 1. The molecule has 2 aromatic carbocycles. The van der Waals surface area contributed by atoms with E-state index >= 15 is 0 Å². The minimum atomic E-state index is -0.102. The molecule has 3 rings (SSSR count). The molecule has 0 bridgehead atoms. The van der Waals surface area contributed by atoms with Gasteiger partial charge in [0.15, 0.2) is 11.0 Å². The number of halogens is 2. The monoisotopic (exact) mass is 446 g/mol. The first-order valence-electron chi connectivity index (χ1n) is 9.03. The van der Waals surface area contributed by atoms with Crippen LogP contribution in [0.15, 0.2) is 60.3 Å². The van der Waals surface area contributed by atoms with Gasteiger partial charge in [-0.25, -0.2) is 0 Å². The molecule has 0 saturated heterocycles. The normalized spacial score (nSPS) is 10.7. The van der Waals surface area contributed by atoms with E-state index in [1.165, 1.54) is 11.8 Å². The van der Waals surface area contributed by atoms with Crippen molar-refractivity contribution in [1.82, 2.24) is 14.8 Å². The van der Waals surface area contributed by atoms with Crippen LogP contribution in [0, 0.1) is 0 Å². The Morgan fingerprint density at radius 1 is 1.24 bits per heavy atom. The highest BCUT2D eigenvalue weighted by Gasteiger charge is 2.17. The summed E-state index contributed by atoms with van der Waals surface area (Å²) in [5.41, 5.74) is 2.65. The molecule has 29 heavy (non-hydrogen) atoms. The first-order valence-corrected chi connectivity index (χ1v) is 10.8. The number of nitrogens with zero attached hydrogens (tertiary/aromatic N) is 3. The quantitative estimate of drug-likeness (QED) is 0.354. The maximum Gasteiger partial charge on any atom is 0.234 e. The van der Waals surface area contributed by atoms with E-state index in [1.54, 1.807) is 24.3 Å². The summed E-state index contributed by atoms with van der Waals surface area (Å²) in [6.07, 6.45) is 2.60. The third-order valence-corrected chi connectivity index (χ3v) is 5.72. The fraction of sp³-hybridized carbons (Fsp3) is 0.190. The van der Waals surface area contributed by atoms with Crippen LogP contribution in [0.3, 0.4) is 0 Å². The van der Waals surface area contributed by atoms with Gasteiger partial charge in [0.05, 0.1) is 10.8 Å². The molecule has 1 aromatic heterocycles. The van der Waals surface area contributed by atoms with E-state index in [4.69, 9.17) is 23.2 Å². The molecule has 0 aliphatic rings. The molecule has 0 fully saturated rings. The third kappa shape index (κ3) is 5.21. The zero-order valence-electron chi connectivity index (χ0n) is 15.9. The average molecular weight is 447 g/mol. The van der Waals surface area contributed by atoms with Gasteiger partial charge in [0.1, 0.15) is 0 Å². The number of aromatic nitrogens is 3. The first-order chi connectivity index (χ1) is 14.0. The number of carbonyl (C=O) groups is 1. The molecule has 3 aromatic rings. The van der Waals surface area contributed by atoms with E-state index in [0.717, 1.165) is 23.2 Å². The van der Waals surface area contributed by atoms with Crippen molar-refractivity contribution in [2.45, 2.75) is 25.0 Å². The Labute approximate surface area is 184 Å². The van der Waals surface area contributed by atoms with Crippen molar-refractivity contribution < 1.29 is 4.79 Å². The number of rotatable bonds is 8. The highest BCUT2D eigenvalue weighted by Crippen LogP contribution is 2.31. The number of benzene rings is 2. The lowest BCUT2D eigenvalue weighted by atomic mass is 10.1. The largest absolute Gasteiger partial charge is 0.325 e. The van der Waals surface area contributed by atoms with Crippen molar-refractivity contribution in [3.05, 3.63) is 70.7 Å². The lowest BCUT2D eigenvalue weighted by Crippen LogP contribution is -2.15. The molecule has 8 heteroatoms. The first kappa shape index (κ1) is 21.4. The maximum atomic E-state index is 12.4. The van der Waals surface area contributed by atoms with Gasteiger partial charge in [-0.2, -0.15) is 0 Å². The van der Waals surface area contributed by atoms with E-state index in [1.807, 2.05) is 28.8 Å². The number of thioether (sulfide) groups is 1. The van der Waals surface area contributed by atoms with Gasteiger partial charge in [0.2, 0.25) is 5.91 Å². The zero-order chi connectivity index (χ0) is 20.8. The van der Waals surface area contributed by atoms with Crippen LogP contribution >= 0.6 is 35.0 Å². The molecule has 150 valence electrons. The Balaban J connectivity index is 1.76. The molecule has 1 heterocycles. The van der Waals surface area contributed by atoms with Crippen LogP contribution in [-0.2, 0) is 17.8 Å². The second-order valence-electron chi connectivity index (χ2n) is 6.18. The topological polar surface area (TPSA) is 59.8 Å². The number of carbonyl (C=O) groups excluding carboxylic acids is 1. The van der Waals surface area contributed by atoms with Crippen LogP contribution in [0.1, 0.15) is 12.5 Å². The van der Waals surface area contributed by atoms with Crippen LogP contribution < -0.4 is 5.32 Å². The highest BCUT2D eigenvalue weighted by molar-refractivity contribution is 7.99. The summed E-state index contributed by atoms with van der Waals surface area (Å²) in [6, 6.07) is 13.0. The van der Waals surface area contributed by atoms with Gasteiger partial charge >= 0.3 is 0 Å². The summed E-state index contributed by atoms with van der Waals surface area (Å²) in [7, 11) is 0. The molecule has 5 nitrogen and oxygen atoms in total. The molecule has 0 aliphatic heterocycles. The summed E-state index contributed by atoms with van der Waals surface area (Å²) in [5.74, 6) is 0.711. The van der Waals surface area contributed by atoms with E-state index in [2.05, 4.69) is 29.0 Å². The fourth-order valence-electron chi connectivity index (χ4n) is 2.83. The van der Waals surface area contributed by atoms with Crippen LogP contribution in [-0.4, -0.2) is 26.4 Å². The molecule has 0 radical (unpaired) electrons. The van der Waals surface area contributed by atoms with Crippen molar-refractivity contribution in [1.29, 1.82) is 0 Å². The van der Waals surface area contributed by atoms with E-state index in [-0.39, 0.29) is 11.7 Å². The Morgan fingerprint density at radius 3 is 2.76 bits per heavy atom. The molecule has 0 aliphatic carbocycles. The predicted molar refractivity (Wildman–Crippen MR) is 121 cm³/mol. The van der Waals surface area contributed by atoms with E-state index < -0.39 is 0 Å². The Morgan fingerprint density at radius 2 is 2.03 bits per heavy atom. The third-order valence-electron chi connectivity index (χ3n) is 4.21. The Bertz CT molecular complexity index is 1040. The summed E-state index contributed by atoms with van der Waals surface area (Å²) in [6.45, 7) is 6.35. The van der Waals surface area contributed by atoms with Crippen LogP contribution in [0.25, 0.3) is 11.4 Å². The zero-order valence-corrected chi connectivity index (χ0v) is 18.2. The number of anilines is 1. The van der Waals surface area contributed by atoms with Crippen molar-refractivity contribution in [2.75, 3.05) is 11.1 Å². The molecular weight excluding hydrogens is 427 g/mol. The molecule has 0 spiro atoms. The SMILES string of the molecule is C=CCn1c(SCC(=O)Nc2ccccc2CC)nnc1-c1ccc(Cl)cc1Cl. The van der Waals surface area contributed by atoms with Gasteiger partial charge in [-0.15, -0.1) is 16.8 Å². The number of para-hydroxylation sites is 1. The second-order valence-corrected chi connectivity index (χ2v) is 7.96. The number of nitrogens with one attached hydrogen (secondary N) is 1. The summed E-state index contributed by atoms with van der Waals surface area (Å²) in [4.78, 5) is 12.4. The lowest BCUT2D eigenvalue weighted by molar-refractivity contribution is -0.113. The lowest BCUT2D eigenvalue weighted by Gasteiger charge is -2.10. The number of hydrogen-bond acceptors (Lipinski definition) is 4. The Kier molecular flexibility index (Phi) is 7.36. The molecule has 1 N–H and O–H groups in total. The fourth-order valence-corrected chi connectivity index (χ4v) is 4.07. The smallest absolute Gasteiger partial charge is 0.234 e. The van der Waals surface area contributed by atoms with Crippen molar-refractivity contribution in [2.24, 2.45) is 0 Å². The van der Waals surface area contributed by atoms with Crippen LogP contribution in [0.4, 0.5) is 5.69 Å². The molecule has 0 saturated carbocycles. The summed E-state index contributed by atoms with van der Waals surface area (Å²) < 4.78 is 1.88. The van der Waals surface area contributed by atoms with Gasteiger partial charge < -0.3 is 5.32 Å². The van der Waals surface area contributed by atoms with Gasteiger partial charge in [0.25, 0.3) is 0 Å². The maximum absolute atomic E-state index is 12.4. The van der Waals surface area contributed by atoms with E-state index in [9.17, 15) is 4.79 Å². The molecular formula is C21H20Cl2N4OS. The van der Waals surface area contributed by atoms with Gasteiger partial charge in [0, 0.05) is 22.8 Å². The highest BCUT2D eigenvalue weighted by atomic mass is 35.5. The Hall–Kier alpha value is -2.28. The van der Waals surface area contributed by atoms with Crippen molar-refractivity contribution >= 4 is 46.6 Å². The molecule has 1 amide bonds. The minimum Gasteiger partial charge on any atom is -0.325 e. The standard InChI is InChI=1S/C21H20Cl2N4OS/c1-3-11-27-20(16-10-9-15(22)12-17(16)23)25-26-21(27)29-13-19(28)24-18-8-6-5-7-14(18)4-2/h3,5-10,12H,1,4,11,13H2,2H3,(H,24,28). The van der Waals surface area contributed by atoms with Crippen molar-refractivity contribution in [3.63, 3.8) is 0 Å². The van der Waals surface area contributed by atoms with Crippen LogP contribution in [0.2, 0.25) is 10.0 Å². The second kappa shape index (κ2) is 9.96. The minimum absolute atomic E-state index is 0.102. The summed E-state index contributed by atoms with van der Waals surface area (Å²) >= 11 is 13.6. The molecule has 0 atom stereocenters. The predicted octanol–water partition coefficient (Wildman–Crippen LogP) is 5.73. The van der Waals surface area contributed by atoms with Crippen LogP contribution in [0.5, 0.6) is 0 Å². The number of allylic oxidation sites excluding steroid dienone is 1.